The van der Waals surface area contributed by atoms with Crippen molar-refractivity contribution in [1.29, 1.82) is 5.26 Å². The molecule has 0 saturated heterocycles. The Balaban J connectivity index is 2.36. The van der Waals surface area contributed by atoms with Crippen LogP contribution in [0.15, 0.2) is 53.4 Å². The van der Waals surface area contributed by atoms with Crippen LogP contribution in [-0.2, 0) is 16.4 Å². The molecule has 2 rings (SSSR count). The highest BCUT2D eigenvalue weighted by atomic mass is 35.5. The Morgan fingerprint density at radius 3 is 2.40 bits per heavy atom. The van der Waals surface area contributed by atoms with Crippen LogP contribution < -0.4 is 4.72 Å². The first-order chi connectivity index (χ1) is 9.53. The average Bonchev–Trinajstić information content (AvgIpc) is 2.42. The minimum atomic E-state index is -3.72. The van der Waals surface area contributed by atoms with Gasteiger partial charge in [0.2, 0.25) is 0 Å². The molecule has 0 radical (unpaired) electrons. The first-order valence-corrected chi connectivity index (χ1v) is 7.62. The van der Waals surface area contributed by atoms with Crippen molar-refractivity contribution < 1.29 is 8.42 Å². The van der Waals surface area contributed by atoms with Gasteiger partial charge in [-0.15, -0.1) is 0 Å². The smallest absolute Gasteiger partial charge is 0.262 e. The van der Waals surface area contributed by atoms with E-state index in [1.54, 1.807) is 42.5 Å². The van der Waals surface area contributed by atoms with E-state index in [0.29, 0.717) is 16.3 Å². The van der Waals surface area contributed by atoms with Crippen molar-refractivity contribution >= 4 is 27.3 Å². The van der Waals surface area contributed by atoms with Gasteiger partial charge in [0.05, 0.1) is 17.4 Å². The molecule has 20 heavy (non-hydrogen) atoms. The molecule has 0 bridgehead atoms. The summed E-state index contributed by atoms with van der Waals surface area (Å²) in [5.74, 6) is 0. The normalized spacial score (nSPS) is 10.8. The van der Waals surface area contributed by atoms with Gasteiger partial charge < -0.3 is 0 Å². The van der Waals surface area contributed by atoms with Gasteiger partial charge in [-0.25, -0.2) is 8.42 Å². The van der Waals surface area contributed by atoms with Crippen LogP contribution in [0.2, 0.25) is 5.02 Å². The van der Waals surface area contributed by atoms with Gasteiger partial charge in [0.15, 0.2) is 0 Å². The van der Waals surface area contributed by atoms with Crippen LogP contribution in [0.5, 0.6) is 0 Å². The van der Waals surface area contributed by atoms with E-state index >= 15 is 0 Å². The highest BCUT2D eigenvalue weighted by molar-refractivity contribution is 7.92. The number of hydrogen-bond donors (Lipinski definition) is 1. The first kappa shape index (κ1) is 14.4. The van der Waals surface area contributed by atoms with Gasteiger partial charge in [-0.2, -0.15) is 5.26 Å². The Kier molecular flexibility index (Phi) is 4.28. The van der Waals surface area contributed by atoms with Crippen molar-refractivity contribution in [3.05, 3.63) is 59.1 Å². The zero-order valence-electron chi connectivity index (χ0n) is 10.4. The van der Waals surface area contributed by atoms with Crippen LogP contribution in [0.25, 0.3) is 0 Å². The predicted molar refractivity (Wildman–Crippen MR) is 78.0 cm³/mol. The number of nitrogens with one attached hydrogen (secondary N) is 1. The number of nitrogens with zero attached hydrogens (tertiary/aromatic N) is 1. The maximum atomic E-state index is 12.3. The van der Waals surface area contributed by atoms with Gasteiger partial charge in [-0.1, -0.05) is 29.8 Å². The van der Waals surface area contributed by atoms with Crippen molar-refractivity contribution in [2.24, 2.45) is 0 Å². The minimum Gasteiger partial charge on any atom is -0.280 e. The van der Waals surface area contributed by atoms with Crippen LogP contribution in [0.4, 0.5) is 5.69 Å². The second-order valence-electron chi connectivity index (χ2n) is 4.06. The second kappa shape index (κ2) is 5.95. The van der Waals surface area contributed by atoms with Crippen LogP contribution in [0, 0.1) is 11.3 Å². The van der Waals surface area contributed by atoms with Gasteiger partial charge in [0.25, 0.3) is 10.0 Å². The SMILES string of the molecule is N#CCc1ccccc1S(=O)(=O)Nc1ccc(Cl)cc1. The first-order valence-electron chi connectivity index (χ1n) is 5.76. The molecule has 0 aliphatic heterocycles. The molecule has 4 nitrogen and oxygen atoms in total. The number of rotatable bonds is 4. The lowest BCUT2D eigenvalue weighted by molar-refractivity contribution is 0.600. The van der Waals surface area contributed by atoms with Gasteiger partial charge in [-0.05, 0) is 35.9 Å². The average molecular weight is 307 g/mol. The molecule has 1 N–H and O–H groups in total. The zero-order valence-corrected chi connectivity index (χ0v) is 11.9. The molecular weight excluding hydrogens is 296 g/mol. The van der Waals surface area contributed by atoms with Crippen molar-refractivity contribution in [2.45, 2.75) is 11.3 Å². The van der Waals surface area contributed by atoms with Gasteiger partial charge in [-0.3, -0.25) is 4.72 Å². The minimum absolute atomic E-state index is 0.0394. The molecule has 0 atom stereocenters. The van der Waals surface area contributed by atoms with Crippen LogP contribution in [-0.4, -0.2) is 8.42 Å². The molecule has 6 heteroatoms. The standard InChI is InChI=1S/C14H11ClN2O2S/c15-12-5-7-13(8-6-12)17-20(18,19)14-4-2-1-3-11(14)9-10-16/h1-8,17H,9H2. The molecule has 0 fully saturated rings. The molecule has 2 aromatic rings. The monoisotopic (exact) mass is 306 g/mol. The van der Waals surface area contributed by atoms with Crippen LogP contribution in [0.1, 0.15) is 5.56 Å². The van der Waals surface area contributed by atoms with E-state index in [9.17, 15) is 8.42 Å². The van der Waals surface area contributed by atoms with E-state index < -0.39 is 10.0 Å². The number of halogens is 1. The number of anilines is 1. The fraction of sp³-hybridized carbons (Fsp3) is 0.0714. The van der Waals surface area contributed by atoms with Gasteiger partial charge in [0, 0.05) is 10.7 Å². The van der Waals surface area contributed by atoms with E-state index in [2.05, 4.69) is 4.72 Å². The highest BCUT2D eigenvalue weighted by Crippen LogP contribution is 2.21. The molecule has 0 spiro atoms. The molecule has 0 aromatic heterocycles. The molecule has 2 aromatic carbocycles. The van der Waals surface area contributed by atoms with Crippen molar-refractivity contribution in [1.82, 2.24) is 0 Å². The molecule has 0 heterocycles. The predicted octanol–water partition coefficient (Wildman–Crippen LogP) is 3.21. The molecule has 0 aliphatic carbocycles. The zero-order chi connectivity index (χ0) is 14.6. The second-order valence-corrected chi connectivity index (χ2v) is 6.14. The lowest BCUT2D eigenvalue weighted by Gasteiger charge is -2.10. The third-order valence-electron chi connectivity index (χ3n) is 2.63. The van der Waals surface area contributed by atoms with E-state index in [-0.39, 0.29) is 11.3 Å². The largest absolute Gasteiger partial charge is 0.280 e. The van der Waals surface area contributed by atoms with Crippen LogP contribution in [0.3, 0.4) is 0 Å². The summed E-state index contributed by atoms with van der Waals surface area (Å²) in [6.45, 7) is 0. The fourth-order valence-corrected chi connectivity index (χ4v) is 3.15. The molecule has 0 unspecified atom stereocenters. The third-order valence-corrected chi connectivity index (χ3v) is 4.36. The maximum Gasteiger partial charge on any atom is 0.262 e. The number of benzene rings is 2. The fourth-order valence-electron chi connectivity index (χ4n) is 1.73. The van der Waals surface area contributed by atoms with Crippen molar-refractivity contribution in [3.63, 3.8) is 0 Å². The summed E-state index contributed by atoms with van der Waals surface area (Å²) in [6, 6.07) is 14.7. The van der Waals surface area contributed by atoms with E-state index in [1.165, 1.54) is 6.07 Å². The molecule has 0 saturated carbocycles. The third kappa shape index (κ3) is 3.29. The van der Waals surface area contributed by atoms with E-state index in [0.717, 1.165) is 0 Å². The topological polar surface area (TPSA) is 70.0 Å². The number of sulfonamides is 1. The Hall–Kier alpha value is -2.03. The molecular formula is C14H11ClN2O2S. The summed E-state index contributed by atoms with van der Waals surface area (Å²) in [7, 11) is -3.72. The molecule has 102 valence electrons. The quantitative estimate of drug-likeness (QED) is 0.943. The molecule has 0 amide bonds. The Morgan fingerprint density at radius 2 is 1.75 bits per heavy atom. The lowest BCUT2D eigenvalue weighted by Crippen LogP contribution is -2.14. The summed E-state index contributed by atoms with van der Waals surface area (Å²) in [5, 5.41) is 9.28. The Bertz CT molecular complexity index is 749. The van der Waals surface area contributed by atoms with Gasteiger partial charge >= 0.3 is 0 Å². The van der Waals surface area contributed by atoms with Gasteiger partial charge in [0.1, 0.15) is 0 Å². The number of nitriles is 1. The summed E-state index contributed by atoms with van der Waals surface area (Å²) in [4.78, 5) is 0.108. The van der Waals surface area contributed by atoms with Crippen molar-refractivity contribution in [3.8, 4) is 6.07 Å². The summed E-state index contributed by atoms with van der Waals surface area (Å²) >= 11 is 5.75. The van der Waals surface area contributed by atoms with E-state index in [4.69, 9.17) is 16.9 Å². The van der Waals surface area contributed by atoms with E-state index in [1.807, 2.05) is 6.07 Å². The highest BCUT2D eigenvalue weighted by Gasteiger charge is 2.17. The summed E-state index contributed by atoms with van der Waals surface area (Å²) in [5.41, 5.74) is 0.887. The lowest BCUT2D eigenvalue weighted by atomic mass is 10.2. The van der Waals surface area contributed by atoms with Crippen molar-refractivity contribution in [2.75, 3.05) is 4.72 Å². The number of hydrogen-bond acceptors (Lipinski definition) is 3. The van der Waals surface area contributed by atoms with Crippen LogP contribution >= 0.6 is 11.6 Å². The summed E-state index contributed by atoms with van der Waals surface area (Å²) in [6.07, 6.45) is 0.0394. The maximum absolute atomic E-state index is 12.3. The Morgan fingerprint density at radius 1 is 1.10 bits per heavy atom. The molecule has 0 aliphatic rings. The summed E-state index contributed by atoms with van der Waals surface area (Å²) < 4.78 is 27.1. The Labute approximate surface area is 122 Å².